The first kappa shape index (κ1) is 15.7. The van der Waals surface area contributed by atoms with Crippen LogP contribution in [-0.4, -0.2) is 61.1 Å². The first-order valence-electron chi connectivity index (χ1n) is 7.85. The average Bonchev–Trinajstić information content (AvgIpc) is 3.24. The van der Waals surface area contributed by atoms with Crippen molar-refractivity contribution in [3.05, 3.63) is 30.5 Å². The molecule has 1 aliphatic rings. The van der Waals surface area contributed by atoms with Gasteiger partial charge in [-0.1, -0.05) is 0 Å². The third-order valence-corrected chi connectivity index (χ3v) is 4.18. The van der Waals surface area contributed by atoms with Gasteiger partial charge in [-0.2, -0.15) is 5.10 Å². The Morgan fingerprint density at radius 1 is 1.48 bits per heavy atom. The lowest BCUT2D eigenvalue weighted by atomic mass is 10.2. The van der Waals surface area contributed by atoms with Gasteiger partial charge < -0.3 is 9.32 Å². The first-order chi connectivity index (χ1) is 11.1. The summed E-state index contributed by atoms with van der Waals surface area (Å²) in [5, 5.41) is 4.11. The number of carbonyl (C=O) groups is 1. The van der Waals surface area contributed by atoms with E-state index in [1.807, 2.05) is 16.5 Å². The van der Waals surface area contributed by atoms with Crippen molar-refractivity contribution in [3.63, 3.8) is 0 Å². The van der Waals surface area contributed by atoms with E-state index in [0.717, 1.165) is 38.4 Å². The largest absolute Gasteiger partial charge is 0.444 e. The molecule has 0 aromatic carbocycles. The smallest absolute Gasteiger partial charge is 0.220 e. The number of amides is 1. The second-order valence-corrected chi connectivity index (χ2v) is 5.91. The lowest BCUT2D eigenvalue weighted by Crippen LogP contribution is -2.40. The molecular formula is C15H22N6O2. The monoisotopic (exact) mass is 318 g/mol. The summed E-state index contributed by atoms with van der Waals surface area (Å²) < 4.78 is 7.33. The zero-order valence-electron chi connectivity index (χ0n) is 13.6. The fourth-order valence-corrected chi connectivity index (χ4v) is 2.98. The number of aryl methyl sites for hydroxylation is 1. The molecule has 124 valence electrons. The number of nitrogens with zero attached hydrogens (tertiary/aromatic N) is 6. The highest BCUT2D eigenvalue weighted by atomic mass is 16.4. The zero-order valence-corrected chi connectivity index (χ0v) is 13.6. The highest BCUT2D eigenvalue weighted by Gasteiger charge is 2.30. The van der Waals surface area contributed by atoms with Crippen LogP contribution in [0.5, 0.6) is 0 Å². The molecule has 8 heteroatoms. The van der Waals surface area contributed by atoms with Gasteiger partial charge in [0.25, 0.3) is 0 Å². The van der Waals surface area contributed by atoms with E-state index in [0.29, 0.717) is 12.4 Å². The molecule has 1 saturated heterocycles. The first-order valence-corrected chi connectivity index (χ1v) is 7.85. The molecular weight excluding hydrogens is 296 g/mol. The van der Waals surface area contributed by atoms with Crippen molar-refractivity contribution in [2.45, 2.75) is 39.4 Å². The Hall–Kier alpha value is -2.22. The Morgan fingerprint density at radius 2 is 2.35 bits per heavy atom. The average molecular weight is 318 g/mol. The van der Waals surface area contributed by atoms with Crippen LogP contribution in [-0.2, 0) is 17.9 Å². The summed E-state index contributed by atoms with van der Waals surface area (Å²) in [6.45, 7) is 7.46. The summed E-state index contributed by atoms with van der Waals surface area (Å²) in [7, 11) is 0. The summed E-state index contributed by atoms with van der Waals surface area (Å²) in [6, 6.07) is 0.204. The van der Waals surface area contributed by atoms with Crippen molar-refractivity contribution in [2.24, 2.45) is 0 Å². The molecule has 2 aromatic rings. The summed E-state index contributed by atoms with van der Waals surface area (Å²) in [4.78, 5) is 24.4. The van der Waals surface area contributed by atoms with Gasteiger partial charge in [0, 0.05) is 32.6 Å². The number of oxazole rings is 1. The zero-order chi connectivity index (χ0) is 16.2. The van der Waals surface area contributed by atoms with Crippen LogP contribution >= 0.6 is 0 Å². The predicted molar refractivity (Wildman–Crippen MR) is 82.3 cm³/mol. The number of aromatic nitrogens is 4. The maximum Gasteiger partial charge on any atom is 0.220 e. The third-order valence-electron chi connectivity index (χ3n) is 4.18. The normalized spacial score (nSPS) is 18.4. The van der Waals surface area contributed by atoms with E-state index >= 15 is 0 Å². The Morgan fingerprint density at radius 3 is 3.00 bits per heavy atom. The Labute approximate surface area is 135 Å². The molecule has 2 aromatic heterocycles. The van der Waals surface area contributed by atoms with Crippen LogP contribution in [0.4, 0.5) is 0 Å². The van der Waals surface area contributed by atoms with Gasteiger partial charge in [0.1, 0.15) is 18.4 Å². The molecule has 0 N–H and O–H groups in total. The summed E-state index contributed by atoms with van der Waals surface area (Å²) >= 11 is 0. The molecule has 0 aliphatic carbocycles. The van der Waals surface area contributed by atoms with Gasteiger partial charge in [0.2, 0.25) is 11.8 Å². The maximum absolute atomic E-state index is 12.0. The van der Waals surface area contributed by atoms with E-state index in [2.05, 4.69) is 20.0 Å². The van der Waals surface area contributed by atoms with E-state index in [1.54, 1.807) is 25.8 Å². The fourth-order valence-electron chi connectivity index (χ4n) is 2.98. The number of carbonyl (C=O) groups excluding carboxylic acids is 1. The van der Waals surface area contributed by atoms with Gasteiger partial charge in [-0.25, -0.2) is 9.97 Å². The highest BCUT2D eigenvalue weighted by Crippen LogP contribution is 2.18. The van der Waals surface area contributed by atoms with E-state index in [-0.39, 0.29) is 11.9 Å². The quantitative estimate of drug-likeness (QED) is 0.780. The number of rotatable bonds is 6. The molecule has 3 rings (SSSR count). The molecule has 0 saturated carbocycles. The van der Waals surface area contributed by atoms with E-state index in [1.165, 1.54) is 0 Å². The third kappa shape index (κ3) is 3.95. The SMILES string of the molecule is CC(=O)N(Cc1ncc(C)o1)[C@@H]1CCN(CCn2cncn2)C1. The van der Waals surface area contributed by atoms with Gasteiger partial charge in [-0.05, 0) is 13.3 Å². The number of hydrogen-bond acceptors (Lipinski definition) is 6. The van der Waals surface area contributed by atoms with Crippen LogP contribution in [0, 0.1) is 6.92 Å². The lowest BCUT2D eigenvalue weighted by Gasteiger charge is -2.27. The van der Waals surface area contributed by atoms with Crippen LogP contribution in [0.25, 0.3) is 0 Å². The van der Waals surface area contributed by atoms with Crippen LogP contribution in [0.1, 0.15) is 25.0 Å². The molecule has 1 amide bonds. The van der Waals surface area contributed by atoms with Crippen LogP contribution in [0.15, 0.2) is 23.3 Å². The molecule has 0 bridgehead atoms. The van der Waals surface area contributed by atoms with Gasteiger partial charge in [-0.3, -0.25) is 14.4 Å². The van der Waals surface area contributed by atoms with Gasteiger partial charge in [0.15, 0.2) is 0 Å². The molecule has 23 heavy (non-hydrogen) atoms. The van der Waals surface area contributed by atoms with E-state index in [9.17, 15) is 4.79 Å². The second kappa shape index (κ2) is 6.91. The van der Waals surface area contributed by atoms with Crippen molar-refractivity contribution in [1.29, 1.82) is 0 Å². The maximum atomic E-state index is 12.0. The van der Waals surface area contributed by atoms with E-state index < -0.39 is 0 Å². The van der Waals surface area contributed by atoms with Crippen molar-refractivity contribution in [3.8, 4) is 0 Å². The minimum atomic E-state index is 0.0592. The molecule has 8 nitrogen and oxygen atoms in total. The standard InChI is InChI=1S/C15H22N6O2/c1-12-7-17-15(23-12)9-21(13(2)22)14-3-4-19(8-14)5-6-20-11-16-10-18-20/h7,10-11,14H,3-6,8-9H2,1-2H3/t14-/m1/s1. The molecule has 3 heterocycles. The Kier molecular flexibility index (Phi) is 4.71. The van der Waals surface area contributed by atoms with Gasteiger partial charge >= 0.3 is 0 Å². The molecule has 1 aliphatic heterocycles. The van der Waals surface area contributed by atoms with Crippen molar-refractivity contribution in [1.82, 2.24) is 29.5 Å². The summed E-state index contributed by atoms with van der Waals surface area (Å²) in [5.74, 6) is 1.42. The highest BCUT2D eigenvalue weighted by molar-refractivity contribution is 5.73. The fraction of sp³-hybridized carbons (Fsp3) is 0.600. The van der Waals surface area contributed by atoms with Crippen molar-refractivity contribution < 1.29 is 9.21 Å². The molecule has 0 unspecified atom stereocenters. The lowest BCUT2D eigenvalue weighted by molar-refractivity contribution is -0.132. The molecule has 0 radical (unpaired) electrons. The van der Waals surface area contributed by atoms with E-state index in [4.69, 9.17) is 4.42 Å². The number of likely N-dealkylation sites (tertiary alicyclic amines) is 1. The van der Waals surface area contributed by atoms with Gasteiger partial charge in [-0.15, -0.1) is 0 Å². The second-order valence-electron chi connectivity index (χ2n) is 5.91. The number of hydrogen-bond donors (Lipinski definition) is 0. The minimum Gasteiger partial charge on any atom is -0.444 e. The minimum absolute atomic E-state index is 0.0592. The van der Waals surface area contributed by atoms with Crippen LogP contribution in [0.3, 0.4) is 0 Å². The van der Waals surface area contributed by atoms with Crippen LogP contribution < -0.4 is 0 Å². The Bertz CT molecular complexity index is 638. The van der Waals surface area contributed by atoms with Crippen molar-refractivity contribution >= 4 is 5.91 Å². The molecule has 1 fully saturated rings. The topological polar surface area (TPSA) is 80.3 Å². The van der Waals surface area contributed by atoms with Gasteiger partial charge in [0.05, 0.1) is 19.3 Å². The van der Waals surface area contributed by atoms with Crippen molar-refractivity contribution in [2.75, 3.05) is 19.6 Å². The summed E-state index contributed by atoms with van der Waals surface area (Å²) in [6.07, 6.45) is 5.92. The Balaban J connectivity index is 1.55. The molecule has 0 spiro atoms. The summed E-state index contributed by atoms with van der Waals surface area (Å²) in [5.41, 5.74) is 0. The van der Waals surface area contributed by atoms with Crippen LogP contribution in [0.2, 0.25) is 0 Å². The predicted octanol–water partition coefficient (Wildman–Crippen LogP) is 0.698. The molecule has 1 atom stereocenters.